The maximum atomic E-state index is 14.0. The number of phenols is 2. The van der Waals surface area contributed by atoms with Crippen LogP contribution < -0.4 is 4.74 Å². The molecule has 4 aromatic rings. The Kier molecular flexibility index (Phi) is 37.6. The van der Waals surface area contributed by atoms with Crippen LogP contribution in [-0.4, -0.2) is 126 Å². The van der Waals surface area contributed by atoms with Gasteiger partial charge in [-0.3, -0.25) is 33.6 Å². The molecule has 11 saturated carbocycles. The third kappa shape index (κ3) is 26.3. The van der Waals surface area contributed by atoms with E-state index < -0.39 is 102 Å². The first kappa shape index (κ1) is 106. The van der Waals surface area contributed by atoms with Crippen LogP contribution in [0.15, 0.2) is 103 Å². The number of phenolic OH excluding ortho intramolecular Hbond substituents is 2. The highest BCUT2D eigenvalue weighted by atomic mass is 16.7. The van der Waals surface area contributed by atoms with E-state index in [0.29, 0.717) is 66.1 Å². The predicted molar refractivity (Wildman–Crippen MR) is 506 cm³/mol. The summed E-state index contributed by atoms with van der Waals surface area (Å²) in [6, 6.07) is 32.6. The van der Waals surface area contributed by atoms with Crippen molar-refractivity contribution in [2.75, 3.05) is 19.8 Å². The van der Waals surface area contributed by atoms with Crippen LogP contribution in [0.25, 0.3) is 11.1 Å². The molecule has 732 valence electrons. The van der Waals surface area contributed by atoms with Crippen molar-refractivity contribution in [1.82, 2.24) is 0 Å². The summed E-state index contributed by atoms with van der Waals surface area (Å²) in [5.74, 6) is 0.436. The summed E-state index contributed by atoms with van der Waals surface area (Å²) in [5, 5.41) is 26.2. The summed E-state index contributed by atoms with van der Waals surface area (Å²) < 4.78 is 58.7. The number of carbonyl (C=O) groups is 9. The van der Waals surface area contributed by atoms with Crippen LogP contribution in [0, 0.1) is 109 Å². The SMILES string of the molecule is CCC(C)(C)C(=O)OC1CC2CC(C(=O)OC(OCC34CC5CC(CC(C5)C3)C4)C(CC)(CC)CC)C1C2.CCC(C)(C)C(=O)OCC(=O)O.CCC(C)(C)C(=O)Oc1ccc(-c2ccccc2)cc1.CCC(C)C(=O)OCC(=O)OC1C2CC3C1OC(=O)C3C2C(=O)OC(OC1CC2CCC1C2)C1(CC)CCCC1.CCC(C)c1ccc(O)cc1.CCC(C)c1ccc(O)cc1. The van der Waals surface area contributed by atoms with Gasteiger partial charge < -0.3 is 62.7 Å². The molecule has 0 radical (unpaired) electrons. The van der Waals surface area contributed by atoms with Gasteiger partial charge in [-0.1, -0.05) is 170 Å². The lowest BCUT2D eigenvalue weighted by molar-refractivity contribution is -0.238. The summed E-state index contributed by atoms with van der Waals surface area (Å²) in [5.41, 5.74) is 3.25. The van der Waals surface area contributed by atoms with Crippen molar-refractivity contribution < 1.29 is 106 Å². The van der Waals surface area contributed by atoms with Crippen LogP contribution in [0.3, 0.4) is 0 Å². The number of carboxylic acid groups (broad SMARTS) is 1. The largest absolute Gasteiger partial charge is 0.508 e. The fourth-order valence-corrected chi connectivity index (χ4v) is 22.8. The first-order valence-corrected chi connectivity index (χ1v) is 50.5. The third-order valence-electron chi connectivity index (χ3n) is 33.2. The number of ether oxygens (including phenoxy) is 10. The van der Waals surface area contributed by atoms with E-state index in [1.165, 1.54) is 68.9 Å². The molecule has 0 aromatic heterocycles. The molecule has 16 rings (SSSR count). The molecule has 0 spiro atoms. The van der Waals surface area contributed by atoms with E-state index in [1.807, 2.05) is 122 Å². The maximum absolute atomic E-state index is 14.0. The van der Waals surface area contributed by atoms with Crippen LogP contribution in [0.4, 0.5) is 0 Å². The zero-order valence-electron chi connectivity index (χ0n) is 83.0. The fraction of sp³-hybridized carbons (Fsp3) is 0.700. The van der Waals surface area contributed by atoms with Gasteiger partial charge in [0.1, 0.15) is 35.6 Å². The molecule has 1 saturated heterocycles. The molecule has 22 heteroatoms. The Morgan fingerprint density at radius 1 is 0.508 bits per heavy atom. The molecular weight excluding hydrogens is 1670 g/mol. The highest BCUT2D eigenvalue weighted by Gasteiger charge is 2.71. The van der Waals surface area contributed by atoms with E-state index >= 15 is 0 Å². The monoisotopic (exact) mass is 1830 g/mol. The smallest absolute Gasteiger partial charge is 0.344 e. The van der Waals surface area contributed by atoms with E-state index in [4.69, 9.17) is 58.0 Å². The van der Waals surface area contributed by atoms with E-state index in [9.17, 15) is 43.2 Å². The fourth-order valence-electron chi connectivity index (χ4n) is 22.8. The summed E-state index contributed by atoms with van der Waals surface area (Å²) >= 11 is 0. The third-order valence-corrected chi connectivity index (χ3v) is 33.2. The minimum Gasteiger partial charge on any atom is -0.508 e. The molecule has 10 bridgehead atoms. The molecule has 1 aliphatic heterocycles. The molecule has 3 N–H and O–H groups in total. The second-order valence-electron chi connectivity index (χ2n) is 42.9. The Hall–Kier alpha value is -8.37. The standard InChI is InChI=1S/C33H54O5.C31H44O9.C18H20O2.2C10H14O.C8H14O4/c1-7-31(5,6)29(35)37-27-16-21-14-25(27)26(15-21)28(34)38-30(33(8-2,9-3)10-4)36-20-32-17-22-11-23(18-32)13-24(12-22)19-32;1-4-16(3)27(33)36-15-22(32)38-25-19-14-20-23(28(34)39-26(20)25)24(19)29(35)40-30(31(5-2)10-6-7-11-31)37-21-13-17-8-9-18(21)12-17;1-4-18(2,3)17(19)20-16-12-10-15(11-13-16)14-8-6-5-7-9-14;2*1-3-8(2)9-4-6-10(11)7-5-9;1-4-8(2,3)7(11)12-5-6(9)10/h21-27,30H,7-20H2,1-6H3;16-21,23-26,30H,4-15H2,1-3H3;5-13H,4H2,1-3H3;2*4-8,11H,3H2,1-2H3;4-5H2,1-3H3,(H,9,10). The number of carboxylic acids is 1. The Morgan fingerprint density at radius 2 is 1.05 bits per heavy atom. The van der Waals surface area contributed by atoms with Gasteiger partial charge in [-0.2, -0.15) is 0 Å². The quantitative estimate of drug-likeness (QED) is 0.0167. The van der Waals surface area contributed by atoms with E-state index in [1.54, 1.807) is 45.0 Å². The van der Waals surface area contributed by atoms with Crippen molar-refractivity contribution >= 4 is 53.7 Å². The van der Waals surface area contributed by atoms with Crippen molar-refractivity contribution in [3.8, 4) is 28.4 Å². The molecule has 11 aliphatic carbocycles. The Morgan fingerprint density at radius 3 is 1.54 bits per heavy atom. The van der Waals surface area contributed by atoms with Crippen molar-refractivity contribution in [1.29, 1.82) is 0 Å². The lowest BCUT2D eigenvalue weighted by atomic mass is 9.50. The molecule has 12 fully saturated rings. The first-order chi connectivity index (χ1) is 62.7. The van der Waals surface area contributed by atoms with E-state index in [2.05, 4.69) is 72.3 Å². The van der Waals surface area contributed by atoms with Gasteiger partial charge in [-0.05, 0) is 320 Å². The minimum atomic E-state index is -1.13. The summed E-state index contributed by atoms with van der Waals surface area (Å²) in [6.07, 6.45) is 26.4. The molecule has 1 heterocycles. The average molecular weight is 1830 g/mol. The molecular formula is C110H160O22. The van der Waals surface area contributed by atoms with Crippen molar-refractivity contribution in [3.63, 3.8) is 0 Å². The van der Waals surface area contributed by atoms with E-state index in [0.717, 1.165) is 138 Å². The van der Waals surface area contributed by atoms with Gasteiger partial charge in [-0.25, -0.2) is 9.59 Å². The number of aromatic hydroxyl groups is 2. The topological polar surface area (TPSA) is 307 Å². The molecule has 18 atom stereocenters. The summed E-state index contributed by atoms with van der Waals surface area (Å²) in [6.45, 7) is 37.7. The van der Waals surface area contributed by atoms with Gasteiger partial charge in [0.15, 0.2) is 13.2 Å². The highest BCUT2D eigenvalue weighted by molar-refractivity contribution is 5.87. The van der Waals surface area contributed by atoms with Crippen molar-refractivity contribution in [3.05, 3.63) is 114 Å². The Balaban J connectivity index is 0.000000179. The highest BCUT2D eigenvalue weighted by Crippen LogP contribution is 2.63. The van der Waals surface area contributed by atoms with Crippen LogP contribution in [0.2, 0.25) is 0 Å². The molecule has 132 heavy (non-hydrogen) atoms. The molecule has 12 aliphatic rings. The minimum absolute atomic E-state index is 0.0761. The summed E-state index contributed by atoms with van der Waals surface area (Å²) in [4.78, 5) is 111. The Bertz CT molecular complexity index is 4310. The zero-order chi connectivity index (χ0) is 96.4. The molecule has 0 amide bonds. The van der Waals surface area contributed by atoms with Crippen LogP contribution >= 0.6 is 0 Å². The number of rotatable bonds is 35. The number of aliphatic carboxylic acids is 1. The number of carbonyl (C=O) groups excluding carboxylic acids is 8. The first-order valence-electron chi connectivity index (χ1n) is 50.5. The van der Waals surface area contributed by atoms with Crippen LogP contribution in [0.1, 0.15) is 334 Å². The molecule has 22 nitrogen and oxygen atoms in total. The van der Waals surface area contributed by atoms with Crippen LogP contribution in [-0.2, 0) is 85.8 Å². The van der Waals surface area contributed by atoms with Crippen molar-refractivity contribution in [2.24, 2.45) is 109 Å². The lowest BCUT2D eigenvalue weighted by Gasteiger charge is -2.57. The van der Waals surface area contributed by atoms with Crippen LogP contribution in [0.5, 0.6) is 17.2 Å². The van der Waals surface area contributed by atoms with Gasteiger partial charge in [0.25, 0.3) is 0 Å². The predicted octanol–water partition coefficient (Wildman–Crippen LogP) is 23.6. The lowest BCUT2D eigenvalue weighted by Crippen LogP contribution is -2.50. The molecule has 4 aromatic carbocycles. The van der Waals surface area contributed by atoms with Gasteiger partial charge >= 0.3 is 53.7 Å². The second kappa shape index (κ2) is 46.9. The van der Waals surface area contributed by atoms with Gasteiger partial charge in [0.05, 0.1) is 52.6 Å². The number of hydrogen-bond acceptors (Lipinski definition) is 21. The van der Waals surface area contributed by atoms with E-state index in [-0.39, 0.29) is 76.0 Å². The number of esters is 8. The zero-order valence-corrected chi connectivity index (χ0v) is 83.0. The molecule has 18 unspecified atom stereocenters. The number of fused-ring (bicyclic) bond motifs is 5. The van der Waals surface area contributed by atoms with Crippen molar-refractivity contribution in [2.45, 2.75) is 360 Å². The maximum Gasteiger partial charge on any atom is 0.344 e. The Labute approximate surface area is 787 Å². The number of benzene rings is 4. The van der Waals surface area contributed by atoms with Gasteiger partial charge in [-0.15, -0.1) is 0 Å². The summed E-state index contributed by atoms with van der Waals surface area (Å²) in [7, 11) is 0. The van der Waals surface area contributed by atoms with Gasteiger partial charge in [0, 0.05) is 28.6 Å². The average Bonchev–Trinajstić information content (AvgIpc) is 1.54. The second-order valence-corrected chi connectivity index (χ2v) is 42.9. The number of hydrogen-bond donors (Lipinski definition) is 3. The van der Waals surface area contributed by atoms with Gasteiger partial charge in [0.2, 0.25) is 12.6 Å². The normalized spacial score (nSPS) is 27.9.